The largest absolute Gasteiger partial charge is 0.378 e. The van der Waals surface area contributed by atoms with Crippen LogP contribution < -0.4 is 0 Å². The van der Waals surface area contributed by atoms with E-state index >= 15 is 0 Å². The highest BCUT2D eigenvalue weighted by molar-refractivity contribution is 4.71. The molecule has 0 aromatic carbocycles. The molecule has 0 bridgehead atoms. The van der Waals surface area contributed by atoms with Crippen molar-refractivity contribution in [1.29, 1.82) is 0 Å². The number of methoxy groups -OCH3 is 1. The molecule has 1 atom stereocenters. The summed E-state index contributed by atoms with van der Waals surface area (Å²) in [7, 11) is 1.67. The van der Waals surface area contributed by atoms with E-state index in [1.807, 2.05) is 0 Å². The highest BCUT2D eigenvalue weighted by Gasteiger charge is 2.13. The van der Waals surface area contributed by atoms with Gasteiger partial charge in [-0.25, -0.2) is 0 Å². The third kappa shape index (κ3) is 1.46. The summed E-state index contributed by atoms with van der Waals surface area (Å²) in [5, 5.41) is 0. The van der Waals surface area contributed by atoms with Gasteiger partial charge in [-0.2, -0.15) is 0 Å². The van der Waals surface area contributed by atoms with Crippen molar-refractivity contribution in [3.05, 3.63) is 6.61 Å². The maximum absolute atomic E-state index is 4.96. The smallest absolute Gasteiger partial charge is 0.163 e. The normalized spacial score (nSPS) is 30.4. The fourth-order valence-corrected chi connectivity index (χ4v) is 0.718. The summed E-state index contributed by atoms with van der Waals surface area (Å²) in [6, 6.07) is 0. The second-order valence-corrected chi connectivity index (χ2v) is 1.83. The minimum Gasteiger partial charge on any atom is -0.378 e. The molecule has 2 heteroatoms. The van der Waals surface area contributed by atoms with Gasteiger partial charge < -0.3 is 9.47 Å². The van der Waals surface area contributed by atoms with E-state index in [1.54, 1.807) is 7.11 Å². The zero-order chi connectivity index (χ0) is 5.82. The molecule has 2 nitrogen and oxygen atoms in total. The first-order valence-corrected chi connectivity index (χ1v) is 2.83. The van der Waals surface area contributed by atoms with Gasteiger partial charge in [0.05, 0.1) is 6.10 Å². The van der Waals surface area contributed by atoms with Crippen LogP contribution >= 0.6 is 0 Å². The fraction of sp³-hybridized carbons (Fsp3) is 0.833. The molecule has 1 rings (SSSR count). The molecule has 1 aliphatic rings. The van der Waals surface area contributed by atoms with Crippen molar-refractivity contribution < 1.29 is 9.47 Å². The number of hydrogen-bond donors (Lipinski definition) is 0. The molecule has 0 saturated carbocycles. The Balaban J connectivity index is 2.13. The molecule has 0 N–H and O–H groups in total. The van der Waals surface area contributed by atoms with Crippen molar-refractivity contribution in [3.63, 3.8) is 0 Å². The first kappa shape index (κ1) is 6.05. The van der Waals surface area contributed by atoms with E-state index in [1.165, 1.54) is 0 Å². The van der Waals surface area contributed by atoms with Gasteiger partial charge in [0.1, 0.15) is 0 Å². The topological polar surface area (TPSA) is 18.5 Å². The third-order valence-corrected chi connectivity index (χ3v) is 1.21. The Labute approximate surface area is 49.8 Å². The van der Waals surface area contributed by atoms with Crippen LogP contribution in [0.15, 0.2) is 0 Å². The zero-order valence-corrected chi connectivity index (χ0v) is 5.02. The van der Waals surface area contributed by atoms with Crippen molar-refractivity contribution in [1.82, 2.24) is 0 Å². The van der Waals surface area contributed by atoms with Crippen LogP contribution in [-0.2, 0) is 9.47 Å². The molecule has 1 fully saturated rings. The van der Waals surface area contributed by atoms with E-state index in [0.717, 1.165) is 19.4 Å². The molecular formula is C6H10O2. The maximum atomic E-state index is 4.96. The van der Waals surface area contributed by atoms with Crippen LogP contribution in [0.4, 0.5) is 0 Å². The average Bonchev–Trinajstić information content (AvgIpc) is 1.90. The van der Waals surface area contributed by atoms with Crippen molar-refractivity contribution in [2.45, 2.75) is 18.9 Å². The third-order valence-electron chi connectivity index (χ3n) is 1.21. The summed E-state index contributed by atoms with van der Waals surface area (Å²) in [6.45, 7) is 3.55. The molecule has 46 valence electrons. The van der Waals surface area contributed by atoms with E-state index in [9.17, 15) is 0 Å². The van der Waals surface area contributed by atoms with Crippen LogP contribution in [0.2, 0.25) is 0 Å². The molecule has 0 aromatic heterocycles. The zero-order valence-electron chi connectivity index (χ0n) is 5.02. The molecule has 2 radical (unpaired) electrons. The minimum atomic E-state index is 0.115. The van der Waals surface area contributed by atoms with E-state index in [-0.39, 0.29) is 6.10 Å². The van der Waals surface area contributed by atoms with Crippen LogP contribution in [0.5, 0.6) is 0 Å². The summed E-state index contributed by atoms with van der Waals surface area (Å²) >= 11 is 0. The predicted octanol–water partition coefficient (Wildman–Crippen LogP) is 0.851. The van der Waals surface area contributed by atoms with Gasteiger partial charge in [0.15, 0.2) is 6.61 Å². The molecule has 0 spiro atoms. The second kappa shape index (κ2) is 3.05. The lowest BCUT2D eigenvalue weighted by Gasteiger charge is -2.18. The summed E-state index contributed by atoms with van der Waals surface area (Å²) < 4.78 is 9.85. The SMILES string of the molecule is COC1[C]OCCC1. The highest BCUT2D eigenvalue weighted by Crippen LogP contribution is 2.11. The van der Waals surface area contributed by atoms with Crippen molar-refractivity contribution in [3.8, 4) is 0 Å². The molecule has 0 aliphatic carbocycles. The predicted molar refractivity (Wildman–Crippen MR) is 29.2 cm³/mol. The van der Waals surface area contributed by atoms with Crippen LogP contribution in [0.3, 0.4) is 0 Å². The van der Waals surface area contributed by atoms with Gasteiger partial charge in [0, 0.05) is 13.7 Å². The van der Waals surface area contributed by atoms with Gasteiger partial charge in [-0.1, -0.05) is 0 Å². The van der Waals surface area contributed by atoms with Crippen molar-refractivity contribution >= 4 is 0 Å². The quantitative estimate of drug-likeness (QED) is 0.503. The second-order valence-electron chi connectivity index (χ2n) is 1.83. The van der Waals surface area contributed by atoms with E-state index < -0.39 is 0 Å². The van der Waals surface area contributed by atoms with Crippen molar-refractivity contribution in [2.24, 2.45) is 0 Å². The van der Waals surface area contributed by atoms with Gasteiger partial charge in [0.25, 0.3) is 0 Å². The highest BCUT2D eigenvalue weighted by atomic mass is 16.5. The molecule has 0 aromatic rings. The fourth-order valence-electron chi connectivity index (χ4n) is 0.718. The molecule has 1 unspecified atom stereocenters. The van der Waals surface area contributed by atoms with Gasteiger partial charge in [0.2, 0.25) is 0 Å². The summed E-state index contributed by atoms with van der Waals surface area (Å²) in [4.78, 5) is 0. The lowest BCUT2D eigenvalue weighted by Crippen LogP contribution is -2.18. The standard InChI is InChI=1S/C6H10O2/c1-7-6-3-2-4-8-5-6/h6H,2-4H2,1H3. The Morgan fingerprint density at radius 3 is 3.00 bits per heavy atom. The summed E-state index contributed by atoms with van der Waals surface area (Å²) in [5.74, 6) is 0. The Hall–Kier alpha value is -0.0800. The van der Waals surface area contributed by atoms with E-state index in [4.69, 9.17) is 9.47 Å². The molecule has 1 aliphatic heterocycles. The van der Waals surface area contributed by atoms with Crippen LogP contribution in [0.25, 0.3) is 0 Å². The van der Waals surface area contributed by atoms with Gasteiger partial charge >= 0.3 is 0 Å². The van der Waals surface area contributed by atoms with Gasteiger partial charge in [-0.15, -0.1) is 0 Å². The molecule has 8 heavy (non-hydrogen) atoms. The molecule has 1 saturated heterocycles. The summed E-state index contributed by atoms with van der Waals surface area (Å²) in [6.07, 6.45) is 2.26. The molecule has 0 amide bonds. The maximum Gasteiger partial charge on any atom is 0.163 e. The van der Waals surface area contributed by atoms with E-state index in [2.05, 4.69) is 6.61 Å². The first-order chi connectivity index (χ1) is 3.93. The van der Waals surface area contributed by atoms with Crippen LogP contribution in [0, 0.1) is 6.61 Å². The molecule has 1 heterocycles. The Morgan fingerprint density at radius 2 is 2.62 bits per heavy atom. The van der Waals surface area contributed by atoms with Gasteiger partial charge in [-0.3, -0.25) is 0 Å². The van der Waals surface area contributed by atoms with Crippen LogP contribution in [-0.4, -0.2) is 19.8 Å². The van der Waals surface area contributed by atoms with Crippen molar-refractivity contribution in [2.75, 3.05) is 13.7 Å². The average molecular weight is 114 g/mol. The molecular weight excluding hydrogens is 104 g/mol. The lowest BCUT2D eigenvalue weighted by atomic mass is 10.2. The Kier molecular flexibility index (Phi) is 2.30. The van der Waals surface area contributed by atoms with Crippen LogP contribution in [0.1, 0.15) is 12.8 Å². The minimum absolute atomic E-state index is 0.115. The summed E-state index contributed by atoms with van der Waals surface area (Å²) in [5.41, 5.74) is 0. The monoisotopic (exact) mass is 114 g/mol. The lowest BCUT2D eigenvalue weighted by molar-refractivity contribution is 0.0158. The number of rotatable bonds is 1. The first-order valence-electron chi connectivity index (χ1n) is 2.83. The Morgan fingerprint density at radius 1 is 1.75 bits per heavy atom. The van der Waals surface area contributed by atoms with Gasteiger partial charge in [-0.05, 0) is 12.8 Å². The number of ether oxygens (including phenoxy) is 2. The number of hydrogen-bond acceptors (Lipinski definition) is 2. The Bertz CT molecular complexity index is 57.5. The van der Waals surface area contributed by atoms with E-state index in [0.29, 0.717) is 0 Å².